The van der Waals surface area contributed by atoms with Crippen LogP contribution in [0.2, 0.25) is 0 Å². The van der Waals surface area contributed by atoms with Crippen molar-refractivity contribution < 1.29 is 9.90 Å². The van der Waals surface area contributed by atoms with Gasteiger partial charge in [0.2, 0.25) is 0 Å². The van der Waals surface area contributed by atoms with Gasteiger partial charge < -0.3 is 10.0 Å². The molecule has 4 heteroatoms. The summed E-state index contributed by atoms with van der Waals surface area (Å²) in [5, 5.41) is 8.67. The number of rotatable bonds is 8. The second-order valence-electron chi connectivity index (χ2n) is 5.38. The van der Waals surface area contributed by atoms with Crippen LogP contribution in [0, 0.1) is 0 Å². The van der Waals surface area contributed by atoms with Gasteiger partial charge in [0.05, 0.1) is 5.69 Å². The minimum absolute atomic E-state index is 0.429. The number of carboxylic acid groups (broad SMARTS) is 1. The Hall–Kier alpha value is -1.29. The summed E-state index contributed by atoms with van der Waals surface area (Å²) in [6.07, 6.45) is 6.39. The van der Waals surface area contributed by atoms with Crippen LogP contribution in [0.5, 0.6) is 0 Å². The summed E-state index contributed by atoms with van der Waals surface area (Å²) in [6.45, 7) is 7.63. The Morgan fingerprint density at radius 2 is 2.10 bits per heavy atom. The zero-order chi connectivity index (χ0) is 15.8. The molecule has 3 nitrogen and oxygen atoms in total. The lowest BCUT2D eigenvalue weighted by molar-refractivity contribution is -0.131. The first kappa shape index (κ1) is 17.8. The summed E-state index contributed by atoms with van der Waals surface area (Å²) >= 11 is 3.61. The summed E-state index contributed by atoms with van der Waals surface area (Å²) in [6, 6.07) is 6.40. The number of aliphatic carboxylic acids is 1. The predicted octanol–water partition coefficient (Wildman–Crippen LogP) is 4.95. The van der Waals surface area contributed by atoms with Crippen molar-refractivity contribution in [2.24, 2.45) is 0 Å². The van der Waals surface area contributed by atoms with Gasteiger partial charge in [0.1, 0.15) is 0 Å². The first-order valence-electron chi connectivity index (χ1n) is 7.43. The molecule has 0 atom stereocenters. The van der Waals surface area contributed by atoms with Crippen LogP contribution < -0.4 is 4.90 Å². The fraction of sp³-hybridized carbons (Fsp3) is 0.471. The van der Waals surface area contributed by atoms with E-state index < -0.39 is 5.97 Å². The summed E-state index contributed by atoms with van der Waals surface area (Å²) in [5.41, 5.74) is 2.04. The lowest BCUT2D eigenvalue weighted by atomic mass is 10.1. The smallest absolute Gasteiger partial charge is 0.328 e. The Morgan fingerprint density at radius 3 is 2.62 bits per heavy atom. The van der Waals surface area contributed by atoms with Crippen LogP contribution in [-0.2, 0) is 4.79 Å². The van der Waals surface area contributed by atoms with E-state index in [-0.39, 0.29) is 0 Å². The van der Waals surface area contributed by atoms with Crippen molar-refractivity contribution in [3.05, 3.63) is 34.3 Å². The quantitative estimate of drug-likeness (QED) is 0.530. The molecular formula is C17H24BrNO2. The fourth-order valence-corrected chi connectivity index (χ4v) is 2.84. The Balaban J connectivity index is 2.91. The molecule has 0 aliphatic carbocycles. The van der Waals surface area contributed by atoms with Gasteiger partial charge in [-0.3, -0.25) is 0 Å². The highest BCUT2D eigenvalue weighted by molar-refractivity contribution is 9.10. The van der Waals surface area contributed by atoms with Crippen molar-refractivity contribution in [1.29, 1.82) is 0 Å². The Kier molecular flexibility index (Phi) is 7.51. The minimum atomic E-state index is -0.932. The number of anilines is 1. The second-order valence-corrected chi connectivity index (χ2v) is 6.23. The van der Waals surface area contributed by atoms with Crippen molar-refractivity contribution in [2.75, 3.05) is 11.4 Å². The first-order chi connectivity index (χ1) is 9.95. The topological polar surface area (TPSA) is 40.5 Å². The molecule has 1 aromatic carbocycles. The number of benzene rings is 1. The number of nitrogens with zero attached hydrogens (tertiary/aromatic N) is 1. The van der Waals surface area contributed by atoms with Crippen molar-refractivity contribution in [3.8, 4) is 0 Å². The fourth-order valence-electron chi connectivity index (χ4n) is 2.22. The average Bonchev–Trinajstić information content (AvgIpc) is 2.42. The van der Waals surface area contributed by atoms with E-state index in [0.717, 1.165) is 28.3 Å². The van der Waals surface area contributed by atoms with E-state index in [1.54, 1.807) is 6.08 Å². The highest BCUT2D eigenvalue weighted by atomic mass is 79.9. The number of unbranched alkanes of at least 4 members (excludes halogenated alkanes) is 2. The van der Waals surface area contributed by atoms with Crippen molar-refractivity contribution >= 4 is 33.7 Å². The number of hydrogen-bond acceptors (Lipinski definition) is 2. The molecule has 0 aliphatic heterocycles. The summed E-state index contributed by atoms with van der Waals surface area (Å²) in [7, 11) is 0. The van der Waals surface area contributed by atoms with Crippen LogP contribution in [0.1, 0.15) is 45.6 Å². The summed E-state index contributed by atoms with van der Waals surface area (Å²) < 4.78 is 1.00. The molecule has 0 radical (unpaired) electrons. The standard InChI is InChI=1S/C17H24BrNO2/c1-4-5-6-11-19(13(2)3)16-9-7-14(12-15(16)18)8-10-17(20)21/h7-10,12-13H,4-6,11H2,1-3H3,(H,20,21)/b10-8+. The van der Waals surface area contributed by atoms with E-state index in [4.69, 9.17) is 5.11 Å². The molecule has 0 heterocycles. The van der Waals surface area contributed by atoms with Gasteiger partial charge >= 0.3 is 5.97 Å². The third kappa shape index (κ3) is 5.92. The SMILES string of the molecule is CCCCCN(c1ccc(/C=C/C(=O)O)cc1Br)C(C)C. The van der Waals surface area contributed by atoms with Crippen LogP contribution in [0.15, 0.2) is 28.7 Å². The molecule has 0 aliphatic rings. The van der Waals surface area contributed by atoms with Crippen molar-refractivity contribution in [2.45, 2.75) is 46.1 Å². The largest absolute Gasteiger partial charge is 0.478 e. The molecule has 1 rings (SSSR count). The maximum atomic E-state index is 10.6. The number of carboxylic acids is 1. The van der Waals surface area contributed by atoms with E-state index in [0.29, 0.717) is 6.04 Å². The molecular weight excluding hydrogens is 330 g/mol. The molecule has 116 valence electrons. The van der Waals surface area contributed by atoms with E-state index in [9.17, 15) is 4.79 Å². The number of carbonyl (C=O) groups is 1. The van der Waals surface area contributed by atoms with E-state index in [1.165, 1.54) is 19.3 Å². The van der Waals surface area contributed by atoms with Crippen LogP contribution in [0.4, 0.5) is 5.69 Å². The lowest BCUT2D eigenvalue weighted by Crippen LogP contribution is -2.32. The van der Waals surface area contributed by atoms with Gasteiger partial charge in [-0.05, 0) is 60.0 Å². The van der Waals surface area contributed by atoms with Gasteiger partial charge in [0, 0.05) is 23.1 Å². The van der Waals surface area contributed by atoms with E-state index in [2.05, 4.69) is 47.7 Å². The molecule has 0 unspecified atom stereocenters. The molecule has 1 N–H and O–H groups in total. The number of halogens is 1. The van der Waals surface area contributed by atoms with Gasteiger partial charge in [-0.25, -0.2) is 4.79 Å². The van der Waals surface area contributed by atoms with Gasteiger partial charge in [-0.2, -0.15) is 0 Å². The highest BCUT2D eigenvalue weighted by Crippen LogP contribution is 2.29. The average molecular weight is 354 g/mol. The van der Waals surface area contributed by atoms with Crippen LogP contribution in [0.25, 0.3) is 6.08 Å². The van der Waals surface area contributed by atoms with Gasteiger partial charge in [-0.15, -0.1) is 0 Å². The Morgan fingerprint density at radius 1 is 1.38 bits per heavy atom. The third-order valence-corrected chi connectivity index (χ3v) is 3.96. The molecule has 21 heavy (non-hydrogen) atoms. The third-order valence-electron chi connectivity index (χ3n) is 3.33. The van der Waals surface area contributed by atoms with Gasteiger partial charge in [0.25, 0.3) is 0 Å². The maximum Gasteiger partial charge on any atom is 0.328 e. The monoisotopic (exact) mass is 353 g/mol. The highest BCUT2D eigenvalue weighted by Gasteiger charge is 2.13. The molecule has 0 amide bonds. The first-order valence-corrected chi connectivity index (χ1v) is 8.22. The zero-order valence-electron chi connectivity index (χ0n) is 13.0. The molecule has 1 aromatic rings. The molecule has 0 bridgehead atoms. The van der Waals surface area contributed by atoms with Crippen LogP contribution >= 0.6 is 15.9 Å². The molecule has 0 aromatic heterocycles. The maximum absolute atomic E-state index is 10.6. The van der Waals surface area contributed by atoms with E-state index >= 15 is 0 Å². The molecule has 0 saturated carbocycles. The van der Waals surface area contributed by atoms with Crippen LogP contribution in [-0.4, -0.2) is 23.7 Å². The second kappa shape index (κ2) is 8.88. The zero-order valence-corrected chi connectivity index (χ0v) is 14.6. The Bertz CT molecular complexity index is 498. The van der Waals surface area contributed by atoms with Gasteiger partial charge in [-0.1, -0.05) is 25.8 Å². The normalized spacial score (nSPS) is 11.3. The van der Waals surface area contributed by atoms with Crippen molar-refractivity contribution in [3.63, 3.8) is 0 Å². The van der Waals surface area contributed by atoms with Gasteiger partial charge in [0.15, 0.2) is 0 Å². The lowest BCUT2D eigenvalue weighted by Gasteiger charge is -2.30. The molecule has 0 spiro atoms. The van der Waals surface area contributed by atoms with E-state index in [1.807, 2.05) is 12.1 Å². The van der Waals surface area contributed by atoms with Crippen LogP contribution in [0.3, 0.4) is 0 Å². The number of hydrogen-bond donors (Lipinski definition) is 1. The van der Waals surface area contributed by atoms with Crippen molar-refractivity contribution in [1.82, 2.24) is 0 Å². The Labute approximate surface area is 135 Å². The molecule has 0 fully saturated rings. The minimum Gasteiger partial charge on any atom is -0.478 e. The predicted molar refractivity (Wildman–Crippen MR) is 92.8 cm³/mol. The summed E-state index contributed by atoms with van der Waals surface area (Å²) in [4.78, 5) is 12.9. The molecule has 0 saturated heterocycles. The summed E-state index contributed by atoms with van der Waals surface area (Å²) in [5.74, 6) is -0.932.